The van der Waals surface area contributed by atoms with Crippen molar-refractivity contribution in [3.8, 4) is 0 Å². The molecule has 1 amide bonds. The van der Waals surface area contributed by atoms with E-state index in [2.05, 4.69) is 10.3 Å². The SMILES string of the molecule is Nc1ccc(C(=O)Nc2ccc(I)cc2C(=O)O)nc1. The van der Waals surface area contributed by atoms with Crippen molar-refractivity contribution in [2.75, 3.05) is 11.1 Å². The van der Waals surface area contributed by atoms with Crippen molar-refractivity contribution in [3.63, 3.8) is 0 Å². The molecule has 20 heavy (non-hydrogen) atoms. The number of rotatable bonds is 3. The maximum absolute atomic E-state index is 12.0. The molecule has 0 unspecified atom stereocenters. The molecule has 0 spiro atoms. The van der Waals surface area contributed by atoms with Gasteiger partial charge in [0.25, 0.3) is 5.91 Å². The lowest BCUT2D eigenvalue weighted by atomic mass is 10.1. The second kappa shape index (κ2) is 5.87. The molecule has 0 atom stereocenters. The summed E-state index contributed by atoms with van der Waals surface area (Å²) < 4.78 is 0.767. The third kappa shape index (κ3) is 3.23. The largest absolute Gasteiger partial charge is 0.478 e. The van der Waals surface area contributed by atoms with Crippen LogP contribution in [0.25, 0.3) is 0 Å². The Morgan fingerprint density at radius 3 is 2.60 bits per heavy atom. The van der Waals surface area contributed by atoms with Crippen LogP contribution in [0.3, 0.4) is 0 Å². The summed E-state index contributed by atoms with van der Waals surface area (Å²) in [5.74, 6) is -1.60. The molecule has 1 heterocycles. The normalized spacial score (nSPS) is 10.1. The van der Waals surface area contributed by atoms with Crippen LogP contribution in [0, 0.1) is 3.57 Å². The number of aromatic nitrogens is 1. The van der Waals surface area contributed by atoms with Crippen LogP contribution < -0.4 is 11.1 Å². The number of benzene rings is 1. The van der Waals surface area contributed by atoms with Crippen molar-refractivity contribution in [1.29, 1.82) is 0 Å². The maximum atomic E-state index is 12.0. The summed E-state index contributed by atoms with van der Waals surface area (Å²) in [4.78, 5) is 27.0. The average Bonchev–Trinajstić information content (AvgIpc) is 2.41. The van der Waals surface area contributed by atoms with E-state index in [1.807, 2.05) is 22.6 Å². The molecule has 0 saturated heterocycles. The Morgan fingerprint density at radius 2 is 2.00 bits per heavy atom. The zero-order valence-corrected chi connectivity index (χ0v) is 12.3. The van der Waals surface area contributed by atoms with E-state index >= 15 is 0 Å². The number of aromatic carboxylic acids is 1. The molecule has 0 aliphatic rings. The smallest absolute Gasteiger partial charge is 0.337 e. The van der Waals surface area contributed by atoms with Gasteiger partial charge in [-0.25, -0.2) is 9.78 Å². The topological polar surface area (TPSA) is 105 Å². The Kier molecular flexibility index (Phi) is 4.18. The van der Waals surface area contributed by atoms with Gasteiger partial charge in [0.1, 0.15) is 5.69 Å². The van der Waals surface area contributed by atoms with Gasteiger partial charge < -0.3 is 16.2 Å². The standard InChI is InChI=1S/C13H10IN3O3/c14-7-1-3-10(9(5-7)13(19)20)17-12(18)11-4-2-8(15)6-16-11/h1-6H,15H2,(H,17,18)(H,19,20). The Balaban J connectivity index is 2.28. The minimum atomic E-state index is -1.11. The van der Waals surface area contributed by atoms with Gasteiger partial charge in [-0.05, 0) is 52.9 Å². The summed E-state index contributed by atoms with van der Waals surface area (Å²) in [6, 6.07) is 7.75. The van der Waals surface area contributed by atoms with Gasteiger partial charge in [-0.1, -0.05) is 0 Å². The van der Waals surface area contributed by atoms with Crippen LogP contribution in [0.1, 0.15) is 20.8 Å². The second-order valence-corrected chi connectivity index (χ2v) is 5.17. The van der Waals surface area contributed by atoms with Crippen LogP contribution in [0.15, 0.2) is 36.5 Å². The zero-order chi connectivity index (χ0) is 14.7. The molecule has 0 saturated carbocycles. The number of nitrogen functional groups attached to an aromatic ring is 1. The fourth-order valence-electron chi connectivity index (χ4n) is 1.53. The predicted molar refractivity (Wildman–Crippen MR) is 82.7 cm³/mol. The van der Waals surface area contributed by atoms with Crippen molar-refractivity contribution >= 4 is 45.8 Å². The monoisotopic (exact) mass is 383 g/mol. The molecular formula is C13H10IN3O3. The van der Waals surface area contributed by atoms with Gasteiger partial charge in [0.05, 0.1) is 23.1 Å². The summed E-state index contributed by atoms with van der Waals surface area (Å²) >= 11 is 2.00. The highest BCUT2D eigenvalue weighted by molar-refractivity contribution is 14.1. The first-order valence-corrected chi connectivity index (χ1v) is 6.61. The van der Waals surface area contributed by atoms with Gasteiger partial charge in [-0.15, -0.1) is 0 Å². The first-order chi connectivity index (χ1) is 9.47. The van der Waals surface area contributed by atoms with Crippen LogP contribution in [0.2, 0.25) is 0 Å². The van der Waals surface area contributed by atoms with Crippen molar-refractivity contribution in [2.45, 2.75) is 0 Å². The van der Waals surface area contributed by atoms with E-state index in [0.29, 0.717) is 5.69 Å². The lowest BCUT2D eigenvalue weighted by Crippen LogP contribution is -2.16. The summed E-state index contributed by atoms with van der Waals surface area (Å²) in [6.45, 7) is 0. The van der Waals surface area contributed by atoms with Crippen LogP contribution in [0.5, 0.6) is 0 Å². The number of carbonyl (C=O) groups excluding carboxylic acids is 1. The lowest BCUT2D eigenvalue weighted by Gasteiger charge is -2.08. The van der Waals surface area contributed by atoms with Gasteiger partial charge in [-0.2, -0.15) is 0 Å². The molecule has 2 aromatic rings. The van der Waals surface area contributed by atoms with E-state index in [4.69, 9.17) is 10.8 Å². The second-order valence-electron chi connectivity index (χ2n) is 3.93. The molecule has 0 aliphatic carbocycles. The van der Waals surface area contributed by atoms with Gasteiger partial charge in [0.2, 0.25) is 0 Å². The van der Waals surface area contributed by atoms with Crippen molar-refractivity contribution in [2.24, 2.45) is 0 Å². The molecule has 0 fully saturated rings. The highest BCUT2D eigenvalue weighted by Gasteiger charge is 2.14. The van der Waals surface area contributed by atoms with Crippen molar-refractivity contribution in [1.82, 2.24) is 4.98 Å². The molecule has 0 bridgehead atoms. The first-order valence-electron chi connectivity index (χ1n) is 5.53. The highest BCUT2D eigenvalue weighted by Crippen LogP contribution is 2.19. The molecule has 0 radical (unpaired) electrons. The van der Waals surface area contributed by atoms with E-state index in [0.717, 1.165) is 3.57 Å². The minimum absolute atomic E-state index is 0.0284. The zero-order valence-electron chi connectivity index (χ0n) is 10.1. The fraction of sp³-hybridized carbons (Fsp3) is 0. The number of pyridine rings is 1. The molecule has 6 nitrogen and oxygen atoms in total. The summed E-state index contributed by atoms with van der Waals surface area (Å²) in [7, 11) is 0. The molecular weight excluding hydrogens is 373 g/mol. The van der Waals surface area contributed by atoms with E-state index in [-0.39, 0.29) is 16.9 Å². The summed E-state index contributed by atoms with van der Waals surface area (Å²) in [5, 5.41) is 11.7. The number of carboxylic acids is 1. The summed E-state index contributed by atoms with van der Waals surface area (Å²) in [6.07, 6.45) is 1.36. The number of nitrogens with two attached hydrogens (primary N) is 1. The van der Waals surface area contributed by atoms with Crippen LogP contribution in [-0.4, -0.2) is 22.0 Å². The van der Waals surface area contributed by atoms with E-state index in [1.54, 1.807) is 18.2 Å². The molecule has 1 aromatic carbocycles. The molecule has 7 heteroatoms. The quantitative estimate of drug-likeness (QED) is 0.705. The number of nitrogens with zero attached hydrogens (tertiary/aromatic N) is 1. The first kappa shape index (κ1) is 14.3. The molecule has 0 aliphatic heterocycles. The summed E-state index contributed by atoms with van der Waals surface area (Å²) in [5.41, 5.74) is 6.35. The molecule has 4 N–H and O–H groups in total. The van der Waals surface area contributed by atoms with Gasteiger partial charge in [-0.3, -0.25) is 4.79 Å². The number of carboxylic acid groups (broad SMARTS) is 1. The van der Waals surface area contributed by atoms with Crippen LogP contribution >= 0.6 is 22.6 Å². The number of carbonyl (C=O) groups is 2. The maximum Gasteiger partial charge on any atom is 0.337 e. The van der Waals surface area contributed by atoms with Crippen LogP contribution in [-0.2, 0) is 0 Å². The Hall–Kier alpha value is -2.16. The Labute approximate surface area is 128 Å². The minimum Gasteiger partial charge on any atom is -0.478 e. The fourth-order valence-corrected chi connectivity index (χ4v) is 2.02. The number of nitrogens with one attached hydrogen (secondary N) is 1. The van der Waals surface area contributed by atoms with Gasteiger partial charge >= 0.3 is 5.97 Å². The van der Waals surface area contributed by atoms with E-state index < -0.39 is 11.9 Å². The Morgan fingerprint density at radius 1 is 1.25 bits per heavy atom. The third-order valence-corrected chi connectivity index (χ3v) is 3.15. The van der Waals surface area contributed by atoms with E-state index in [1.165, 1.54) is 18.3 Å². The van der Waals surface area contributed by atoms with E-state index in [9.17, 15) is 9.59 Å². The number of hydrogen-bond donors (Lipinski definition) is 3. The third-order valence-electron chi connectivity index (χ3n) is 2.48. The van der Waals surface area contributed by atoms with Gasteiger partial charge in [0.15, 0.2) is 0 Å². The molecule has 2 rings (SSSR count). The van der Waals surface area contributed by atoms with Crippen molar-refractivity contribution < 1.29 is 14.7 Å². The molecule has 1 aromatic heterocycles. The highest BCUT2D eigenvalue weighted by atomic mass is 127. The van der Waals surface area contributed by atoms with Crippen LogP contribution in [0.4, 0.5) is 11.4 Å². The Bertz CT molecular complexity index is 671. The number of hydrogen-bond acceptors (Lipinski definition) is 4. The van der Waals surface area contributed by atoms with Crippen molar-refractivity contribution in [3.05, 3.63) is 51.4 Å². The molecule has 102 valence electrons. The number of amides is 1. The number of anilines is 2. The average molecular weight is 383 g/mol. The predicted octanol–water partition coefficient (Wildman–Crippen LogP) is 2.22. The van der Waals surface area contributed by atoms with Gasteiger partial charge in [0, 0.05) is 3.57 Å². The number of halogens is 1. The lowest BCUT2D eigenvalue weighted by molar-refractivity contribution is 0.0698.